The third-order valence-electron chi connectivity index (χ3n) is 4.62. The van der Waals surface area contributed by atoms with Crippen LogP contribution >= 0.6 is 0 Å². The highest BCUT2D eigenvalue weighted by Gasteiger charge is 2.35. The second-order valence-corrected chi connectivity index (χ2v) is 7.90. The summed E-state index contributed by atoms with van der Waals surface area (Å²) in [5.41, 5.74) is 0.320. The van der Waals surface area contributed by atoms with Crippen LogP contribution in [0.1, 0.15) is 52.9 Å². The van der Waals surface area contributed by atoms with E-state index in [1.165, 1.54) is 25.7 Å². The minimum Gasteiger partial charge on any atom is -0.307 e. The van der Waals surface area contributed by atoms with E-state index in [2.05, 4.69) is 31.0 Å². The molecule has 0 radical (unpaired) electrons. The summed E-state index contributed by atoms with van der Waals surface area (Å²) in [7, 11) is 0. The van der Waals surface area contributed by atoms with Crippen LogP contribution in [0.25, 0.3) is 0 Å². The molecule has 2 atom stereocenters. The van der Waals surface area contributed by atoms with E-state index in [9.17, 15) is 8.78 Å². The van der Waals surface area contributed by atoms with E-state index in [4.69, 9.17) is 0 Å². The van der Waals surface area contributed by atoms with E-state index in [1.54, 1.807) is 0 Å². The Balaban J connectivity index is 1.91. The first-order valence-electron chi connectivity index (χ1n) is 8.09. The number of hydrogen-bond acceptors (Lipinski definition) is 2. The molecular weight excluding hydrogens is 258 g/mol. The predicted octanol–water partition coefficient (Wildman–Crippen LogP) is 3.52. The highest BCUT2D eigenvalue weighted by molar-refractivity contribution is 4.91. The smallest absolute Gasteiger partial charge is 0.250 e. The fraction of sp³-hybridized carbons (Fsp3) is 1.00. The Morgan fingerprint density at radius 3 is 2.40 bits per heavy atom. The molecule has 0 aromatic carbocycles. The lowest BCUT2D eigenvalue weighted by molar-refractivity contribution is 0.0408. The Hall–Kier alpha value is -0.220. The van der Waals surface area contributed by atoms with E-state index in [1.807, 2.05) is 0 Å². The molecule has 0 bridgehead atoms. The van der Waals surface area contributed by atoms with Gasteiger partial charge in [0.15, 0.2) is 0 Å². The number of nitrogens with zero attached hydrogens (tertiary/aromatic N) is 1. The van der Waals surface area contributed by atoms with E-state index < -0.39 is 6.43 Å². The number of likely N-dealkylation sites (tertiary alicyclic amines) is 1. The molecule has 1 aliphatic heterocycles. The molecular formula is C16H30F2N2. The second-order valence-electron chi connectivity index (χ2n) is 7.90. The van der Waals surface area contributed by atoms with E-state index >= 15 is 0 Å². The molecule has 2 aliphatic rings. The first-order valence-corrected chi connectivity index (χ1v) is 8.09. The Labute approximate surface area is 122 Å². The van der Waals surface area contributed by atoms with Gasteiger partial charge in [-0.1, -0.05) is 27.2 Å². The number of nitrogens with one attached hydrogen (secondary N) is 1. The van der Waals surface area contributed by atoms with Crippen LogP contribution in [0.15, 0.2) is 0 Å². The summed E-state index contributed by atoms with van der Waals surface area (Å²) < 4.78 is 24.8. The van der Waals surface area contributed by atoms with Crippen LogP contribution in [-0.2, 0) is 0 Å². The van der Waals surface area contributed by atoms with Crippen LogP contribution in [0.3, 0.4) is 0 Å². The molecule has 1 N–H and O–H groups in total. The zero-order valence-corrected chi connectivity index (χ0v) is 13.2. The molecule has 0 amide bonds. The molecule has 1 aliphatic carbocycles. The molecule has 1 heterocycles. The van der Waals surface area contributed by atoms with Crippen molar-refractivity contribution in [1.82, 2.24) is 10.2 Å². The monoisotopic (exact) mass is 288 g/mol. The zero-order chi connectivity index (χ0) is 14.8. The SMILES string of the molecule is CC(C)(C)CC1CC(NCC(F)F)CN(C2CCC2)C1. The minimum atomic E-state index is -2.24. The largest absolute Gasteiger partial charge is 0.307 e. The van der Waals surface area contributed by atoms with Crippen LogP contribution in [-0.4, -0.2) is 43.0 Å². The van der Waals surface area contributed by atoms with Crippen molar-refractivity contribution in [1.29, 1.82) is 0 Å². The first-order chi connectivity index (χ1) is 9.33. The summed E-state index contributed by atoms with van der Waals surface area (Å²) in [4.78, 5) is 2.56. The molecule has 0 aromatic heterocycles. The van der Waals surface area contributed by atoms with Crippen molar-refractivity contribution in [3.05, 3.63) is 0 Å². The molecule has 2 rings (SSSR count). The van der Waals surface area contributed by atoms with Gasteiger partial charge in [0, 0.05) is 25.2 Å². The Morgan fingerprint density at radius 2 is 1.90 bits per heavy atom. The lowest BCUT2D eigenvalue weighted by atomic mass is 9.78. The standard InChI is InChI=1S/C16H30F2N2/c1-16(2,3)8-12-7-13(19-9-15(17)18)11-20(10-12)14-5-4-6-14/h12-15,19H,4-11H2,1-3H3. The number of hydrogen-bond donors (Lipinski definition) is 1. The fourth-order valence-electron chi connectivity index (χ4n) is 3.71. The van der Waals surface area contributed by atoms with Crippen molar-refractivity contribution >= 4 is 0 Å². The van der Waals surface area contributed by atoms with Crippen LogP contribution < -0.4 is 5.32 Å². The van der Waals surface area contributed by atoms with Crippen LogP contribution in [0.5, 0.6) is 0 Å². The van der Waals surface area contributed by atoms with Crippen LogP contribution in [0.4, 0.5) is 8.78 Å². The molecule has 118 valence electrons. The number of halogens is 2. The van der Waals surface area contributed by atoms with Crippen LogP contribution in [0.2, 0.25) is 0 Å². The number of alkyl halides is 2. The Bertz CT molecular complexity index is 297. The van der Waals surface area contributed by atoms with Gasteiger partial charge in [-0.2, -0.15) is 0 Å². The normalized spacial score (nSPS) is 29.7. The highest BCUT2D eigenvalue weighted by atomic mass is 19.3. The first kappa shape index (κ1) is 16.2. The van der Waals surface area contributed by atoms with Crippen molar-refractivity contribution in [3.8, 4) is 0 Å². The molecule has 1 saturated carbocycles. The lowest BCUT2D eigenvalue weighted by Crippen LogP contribution is -2.55. The third-order valence-corrected chi connectivity index (χ3v) is 4.62. The van der Waals surface area contributed by atoms with Gasteiger partial charge in [0.1, 0.15) is 0 Å². The summed E-state index contributed by atoms with van der Waals surface area (Å²) >= 11 is 0. The molecule has 0 spiro atoms. The maximum atomic E-state index is 12.4. The Morgan fingerprint density at radius 1 is 1.20 bits per heavy atom. The fourth-order valence-corrected chi connectivity index (χ4v) is 3.71. The van der Waals surface area contributed by atoms with Crippen molar-refractivity contribution in [2.75, 3.05) is 19.6 Å². The van der Waals surface area contributed by atoms with Crippen molar-refractivity contribution in [3.63, 3.8) is 0 Å². The average Bonchev–Trinajstić information content (AvgIpc) is 2.21. The molecule has 1 saturated heterocycles. The lowest BCUT2D eigenvalue weighted by Gasteiger charge is -2.46. The maximum Gasteiger partial charge on any atom is 0.250 e. The van der Waals surface area contributed by atoms with Crippen LogP contribution in [0, 0.1) is 11.3 Å². The number of piperidine rings is 1. The van der Waals surface area contributed by atoms with Gasteiger partial charge in [-0.15, -0.1) is 0 Å². The van der Waals surface area contributed by atoms with Gasteiger partial charge >= 0.3 is 0 Å². The topological polar surface area (TPSA) is 15.3 Å². The molecule has 20 heavy (non-hydrogen) atoms. The summed E-state index contributed by atoms with van der Waals surface area (Å²) in [5.74, 6) is 0.638. The summed E-state index contributed by atoms with van der Waals surface area (Å²) in [6, 6.07) is 0.958. The van der Waals surface area contributed by atoms with Gasteiger partial charge in [0.05, 0.1) is 6.54 Å². The Kier molecular flexibility index (Phi) is 5.41. The van der Waals surface area contributed by atoms with Crippen molar-refractivity contribution in [2.45, 2.75) is 71.4 Å². The predicted molar refractivity (Wildman–Crippen MR) is 79.2 cm³/mol. The van der Waals surface area contributed by atoms with Crippen molar-refractivity contribution < 1.29 is 8.78 Å². The molecule has 2 nitrogen and oxygen atoms in total. The molecule has 0 aromatic rings. The van der Waals surface area contributed by atoms with Gasteiger partial charge < -0.3 is 5.32 Å². The minimum absolute atomic E-state index is 0.161. The summed E-state index contributed by atoms with van der Waals surface area (Å²) in [6.45, 7) is 8.78. The van der Waals surface area contributed by atoms with Gasteiger partial charge in [-0.25, -0.2) is 8.78 Å². The van der Waals surface area contributed by atoms with Crippen molar-refractivity contribution in [2.24, 2.45) is 11.3 Å². The third kappa shape index (κ3) is 4.96. The average molecular weight is 288 g/mol. The highest BCUT2D eigenvalue weighted by Crippen LogP contribution is 2.34. The summed E-state index contributed by atoms with van der Waals surface area (Å²) in [5, 5.41) is 3.08. The molecule has 2 fully saturated rings. The van der Waals surface area contributed by atoms with E-state index in [0.29, 0.717) is 17.4 Å². The van der Waals surface area contributed by atoms with Gasteiger partial charge in [-0.3, -0.25) is 4.90 Å². The van der Waals surface area contributed by atoms with Gasteiger partial charge in [0.2, 0.25) is 0 Å². The van der Waals surface area contributed by atoms with E-state index in [-0.39, 0.29) is 12.6 Å². The number of rotatable bonds is 5. The van der Waals surface area contributed by atoms with E-state index in [0.717, 1.165) is 19.5 Å². The summed E-state index contributed by atoms with van der Waals surface area (Å²) in [6.07, 6.45) is 3.92. The quantitative estimate of drug-likeness (QED) is 0.832. The van der Waals surface area contributed by atoms with Gasteiger partial charge in [-0.05, 0) is 37.0 Å². The molecule has 4 heteroatoms. The van der Waals surface area contributed by atoms with Gasteiger partial charge in [0.25, 0.3) is 6.43 Å². The molecule has 2 unspecified atom stereocenters. The zero-order valence-electron chi connectivity index (χ0n) is 13.2. The second kappa shape index (κ2) is 6.69. The maximum absolute atomic E-state index is 12.4.